The van der Waals surface area contributed by atoms with Crippen LogP contribution in [0, 0.1) is 0 Å². The third-order valence-corrected chi connectivity index (χ3v) is 3.44. The highest BCUT2D eigenvalue weighted by Crippen LogP contribution is 2.29. The maximum atomic E-state index is 12.5. The van der Waals surface area contributed by atoms with E-state index in [2.05, 4.69) is 0 Å². The van der Waals surface area contributed by atoms with Crippen LogP contribution in [0.2, 0.25) is 0 Å². The molecule has 0 saturated heterocycles. The fourth-order valence-electron chi connectivity index (χ4n) is 2.23. The van der Waals surface area contributed by atoms with E-state index in [1.54, 1.807) is 42.5 Å². The first-order valence-electron chi connectivity index (χ1n) is 7.75. The van der Waals surface area contributed by atoms with E-state index in [1.807, 2.05) is 6.92 Å². The van der Waals surface area contributed by atoms with E-state index in [-0.39, 0.29) is 5.56 Å². The highest BCUT2D eigenvalue weighted by molar-refractivity contribution is 5.92. The molecule has 0 aromatic heterocycles. The number of benzene rings is 2. The summed E-state index contributed by atoms with van der Waals surface area (Å²) in [6, 6.07) is 13.4. The average molecular weight is 344 g/mol. The van der Waals surface area contributed by atoms with Crippen molar-refractivity contribution >= 4 is 11.9 Å². The molecule has 0 heterocycles. The van der Waals surface area contributed by atoms with Crippen LogP contribution in [0.3, 0.4) is 0 Å². The first-order chi connectivity index (χ1) is 12.1. The number of carbonyl (C=O) groups excluding carboxylic acids is 2. The number of rotatable bonds is 7. The summed E-state index contributed by atoms with van der Waals surface area (Å²) >= 11 is 0. The molecule has 1 atom stereocenters. The summed E-state index contributed by atoms with van der Waals surface area (Å²) in [5.74, 6) is -0.388. The highest BCUT2D eigenvalue weighted by Gasteiger charge is 2.26. The van der Waals surface area contributed by atoms with Crippen molar-refractivity contribution in [2.45, 2.75) is 13.0 Å². The van der Waals surface area contributed by atoms with Crippen LogP contribution in [0.4, 0.5) is 0 Å². The minimum Gasteiger partial charge on any atom is -0.493 e. The van der Waals surface area contributed by atoms with Gasteiger partial charge in [-0.15, -0.1) is 0 Å². The van der Waals surface area contributed by atoms with Crippen LogP contribution in [0.25, 0.3) is 0 Å². The van der Waals surface area contributed by atoms with Crippen LogP contribution in [-0.4, -0.2) is 32.8 Å². The highest BCUT2D eigenvalue weighted by atomic mass is 16.6. The van der Waals surface area contributed by atoms with Crippen LogP contribution >= 0.6 is 0 Å². The summed E-state index contributed by atoms with van der Waals surface area (Å²) in [5, 5.41) is 0. The Labute approximate surface area is 146 Å². The van der Waals surface area contributed by atoms with Gasteiger partial charge >= 0.3 is 11.9 Å². The van der Waals surface area contributed by atoms with E-state index in [0.29, 0.717) is 23.7 Å². The molecule has 0 amide bonds. The quantitative estimate of drug-likeness (QED) is 0.719. The van der Waals surface area contributed by atoms with Crippen molar-refractivity contribution < 1.29 is 28.5 Å². The van der Waals surface area contributed by atoms with Crippen LogP contribution in [0.5, 0.6) is 11.5 Å². The molecule has 6 heteroatoms. The Hall–Kier alpha value is -3.02. The minimum absolute atomic E-state index is 0.245. The normalized spacial score (nSPS) is 11.3. The Kier molecular flexibility index (Phi) is 6.39. The molecule has 0 aliphatic heterocycles. The number of hydrogen-bond acceptors (Lipinski definition) is 6. The molecule has 0 spiro atoms. The third kappa shape index (κ3) is 4.50. The molecule has 0 N–H and O–H groups in total. The van der Waals surface area contributed by atoms with Gasteiger partial charge in [-0.25, -0.2) is 9.59 Å². The van der Waals surface area contributed by atoms with E-state index in [4.69, 9.17) is 18.9 Å². The van der Waals surface area contributed by atoms with Crippen LogP contribution in [0.15, 0.2) is 48.5 Å². The van der Waals surface area contributed by atoms with E-state index in [0.717, 1.165) is 0 Å². The molecular formula is C19H20O6. The predicted molar refractivity (Wildman–Crippen MR) is 90.8 cm³/mol. The lowest BCUT2D eigenvalue weighted by Gasteiger charge is -2.17. The summed E-state index contributed by atoms with van der Waals surface area (Å²) in [6.45, 7) is 2.25. The van der Waals surface area contributed by atoms with Gasteiger partial charge in [0.1, 0.15) is 0 Å². The van der Waals surface area contributed by atoms with Gasteiger partial charge in [-0.2, -0.15) is 0 Å². The lowest BCUT2D eigenvalue weighted by atomic mass is 10.1. The van der Waals surface area contributed by atoms with Gasteiger partial charge in [0.15, 0.2) is 11.5 Å². The van der Waals surface area contributed by atoms with Crippen LogP contribution in [0.1, 0.15) is 28.9 Å². The summed E-state index contributed by atoms with van der Waals surface area (Å²) < 4.78 is 20.8. The first-order valence-corrected chi connectivity index (χ1v) is 7.75. The molecule has 0 aliphatic carbocycles. The number of methoxy groups -OCH3 is 2. The predicted octanol–water partition coefficient (Wildman–Crippen LogP) is 3.17. The second kappa shape index (κ2) is 8.73. The second-order valence-corrected chi connectivity index (χ2v) is 5.02. The smallest absolute Gasteiger partial charge is 0.351 e. The Morgan fingerprint density at radius 2 is 1.72 bits per heavy atom. The molecule has 1 unspecified atom stereocenters. The zero-order chi connectivity index (χ0) is 18.2. The number of ether oxygens (including phenoxy) is 4. The number of carbonyl (C=O) groups is 2. The Morgan fingerprint density at radius 1 is 1.00 bits per heavy atom. The zero-order valence-corrected chi connectivity index (χ0v) is 14.4. The van der Waals surface area contributed by atoms with Gasteiger partial charge in [0.25, 0.3) is 0 Å². The van der Waals surface area contributed by atoms with Crippen LogP contribution < -0.4 is 9.47 Å². The van der Waals surface area contributed by atoms with Gasteiger partial charge in [-0.3, -0.25) is 0 Å². The summed E-state index contributed by atoms with van der Waals surface area (Å²) in [7, 11) is 2.76. The molecule has 0 radical (unpaired) electrons. The Morgan fingerprint density at radius 3 is 2.32 bits per heavy atom. The Bertz CT molecular complexity index is 726. The van der Waals surface area contributed by atoms with Crippen molar-refractivity contribution in [3.05, 3.63) is 59.7 Å². The molecule has 2 aromatic carbocycles. The van der Waals surface area contributed by atoms with Crippen molar-refractivity contribution in [1.29, 1.82) is 0 Å². The molecule has 132 valence electrons. The molecule has 25 heavy (non-hydrogen) atoms. The largest absolute Gasteiger partial charge is 0.493 e. The van der Waals surface area contributed by atoms with Gasteiger partial charge in [0.2, 0.25) is 6.10 Å². The molecule has 6 nitrogen and oxygen atoms in total. The fourth-order valence-corrected chi connectivity index (χ4v) is 2.23. The number of hydrogen-bond donors (Lipinski definition) is 0. The molecule has 0 bridgehead atoms. The van der Waals surface area contributed by atoms with Crippen molar-refractivity contribution in [1.82, 2.24) is 0 Å². The van der Waals surface area contributed by atoms with Crippen molar-refractivity contribution in [3.63, 3.8) is 0 Å². The van der Waals surface area contributed by atoms with E-state index < -0.39 is 18.0 Å². The van der Waals surface area contributed by atoms with Gasteiger partial charge in [-0.05, 0) is 25.1 Å². The first kappa shape index (κ1) is 18.3. The van der Waals surface area contributed by atoms with Gasteiger partial charge in [0, 0.05) is 5.56 Å². The van der Waals surface area contributed by atoms with Crippen LogP contribution in [-0.2, 0) is 14.3 Å². The van der Waals surface area contributed by atoms with Crippen molar-refractivity contribution in [2.75, 3.05) is 20.8 Å². The SMILES string of the molecule is CCOc1cc(C(=O)OC(C(=O)OC)c2ccccc2)ccc1OC. The van der Waals surface area contributed by atoms with Crippen molar-refractivity contribution in [3.8, 4) is 11.5 Å². The van der Waals surface area contributed by atoms with E-state index in [1.165, 1.54) is 20.3 Å². The lowest BCUT2D eigenvalue weighted by molar-refractivity contribution is -0.151. The zero-order valence-electron chi connectivity index (χ0n) is 14.4. The monoisotopic (exact) mass is 344 g/mol. The lowest BCUT2D eigenvalue weighted by Crippen LogP contribution is -2.21. The topological polar surface area (TPSA) is 71.1 Å². The maximum absolute atomic E-state index is 12.5. The summed E-state index contributed by atoms with van der Waals surface area (Å²) in [4.78, 5) is 24.5. The summed E-state index contributed by atoms with van der Waals surface area (Å²) in [6.07, 6.45) is -1.14. The maximum Gasteiger partial charge on any atom is 0.351 e. The molecular weight excluding hydrogens is 324 g/mol. The molecule has 0 aliphatic rings. The molecule has 2 aromatic rings. The van der Waals surface area contributed by atoms with E-state index >= 15 is 0 Å². The van der Waals surface area contributed by atoms with Gasteiger partial charge < -0.3 is 18.9 Å². The number of esters is 2. The molecule has 0 saturated carbocycles. The third-order valence-electron chi connectivity index (χ3n) is 3.44. The van der Waals surface area contributed by atoms with Gasteiger partial charge in [-0.1, -0.05) is 30.3 Å². The molecule has 0 fully saturated rings. The second-order valence-electron chi connectivity index (χ2n) is 5.02. The summed E-state index contributed by atoms with van der Waals surface area (Å²) in [5.41, 5.74) is 0.773. The van der Waals surface area contributed by atoms with Crippen molar-refractivity contribution in [2.24, 2.45) is 0 Å². The molecule has 2 rings (SSSR count). The van der Waals surface area contributed by atoms with E-state index in [9.17, 15) is 9.59 Å². The van der Waals surface area contributed by atoms with Gasteiger partial charge in [0.05, 0.1) is 26.4 Å². The average Bonchev–Trinajstić information content (AvgIpc) is 2.66. The minimum atomic E-state index is -1.14. The Balaban J connectivity index is 2.26. The fraction of sp³-hybridized carbons (Fsp3) is 0.263. The standard InChI is InChI=1S/C19H20O6/c1-4-24-16-12-14(10-11-15(16)22-2)18(20)25-17(19(21)23-3)13-8-6-5-7-9-13/h5-12,17H,4H2,1-3H3.